The third kappa shape index (κ3) is 4.64. The maximum absolute atomic E-state index is 13.2. The zero-order valence-electron chi connectivity index (χ0n) is 13.7. The van der Waals surface area contributed by atoms with E-state index in [4.69, 9.17) is 0 Å². The van der Waals surface area contributed by atoms with E-state index in [2.05, 4.69) is 15.0 Å². The Balaban J connectivity index is 1.79. The van der Waals surface area contributed by atoms with Gasteiger partial charge in [0, 0.05) is 11.9 Å². The van der Waals surface area contributed by atoms with Crippen LogP contribution in [-0.4, -0.2) is 19.3 Å². The number of carbonyl (C=O) groups excluding carboxylic acids is 1. The number of hydrogen-bond acceptors (Lipinski definition) is 4. The maximum Gasteiger partial charge on any atom is 0.261 e. The molecular formula is C18H13F2N3O3S. The first kappa shape index (κ1) is 18.5. The molecule has 27 heavy (non-hydrogen) atoms. The number of rotatable bonds is 5. The predicted octanol–water partition coefficient (Wildman–Crippen LogP) is 3.41. The van der Waals surface area contributed by atoms with Gasteiger partial charge >= 0.3 is 0 Å². The topological polar surface area (TPSA) is 88.2 Å². The monoisotopic (exact) mass is 389 g/mol. The van der Waals surface area contributed by atoms with Crippen molar-refractivity contribution in [2.24, 2.45) is 0 Å². The van der Waals surface area contributed by atoms with Gasteiger partial charge < -0.3 is 5.32 Å². The van der Waals surface area contributed by atoms with E-state index in [9.17, 15) is 22.0 Å². The van der Waals surface area contributed by atoms with Crippen LogP contribution in [0.4, 0.5) is 20.2 Å². The second-order valence-corrected chi connectivity index (χ2v) is 7.17. The Hall–Kier alpha value is -3.33. The second kappa shape index (κ2) is 7.50. The molecule has 0 spiro atoms. The summed E-state index contributed by atoms with van der Waals surface area (Å²) in [6, 6.07) is 10.9. The first-order valence-electron chi connectivity index (χ1n) is 7.64. The van der Waals surface area contributed by atoms with Gasteiger partial charge in [0.05, 0.1) is 22.3 Å². The lowest BCUT2D eigenvalue weighted by Gasteiger charge is -2.09. The molecule has 2 N–H and O–H groups in total. The highest BCUT2D eigenvalue weighted by atomic mass is 32.2. The Morgan fingerprint density at radius 3 is 2.33 bits per heavy atom. The smallest absolute Gasteiger partial charge is 0.261 e. The standard InChI is InChI=1S/C18H13F2N3O3S/c19-13-4-6-17(7-5-13)27(25,26)23-16-8-12(10-21-11-16)18(24)22-15-3-1-2-14(20)9-15/h1-11,23H,(H,22,24). The van der Waals surface area contributed by atoms with Gasteiger partial charge in [0.1, 0.15) is 11.6 Å². The number of carbonyl (C=O) groups is 1. The minimum absolute atomic E-state index is 0.0474. The molecule has 0 aliphatic heterocycles. The third-order valence-electron chi connectivity index (χ3n) is 3.46. The van der Waals surface area contributed by atoms with Crippen LogP contribution in [0.5, 0.6) is 0 Å². The number of aromatic nitrogens is 1. The Kier molecular flexibility index (Phi) is 5.13. The van der Waals surface area contributed by atoms with Crippen molar-refractivity contribution in [1.29, 1.82) is 0 Å². The number of sulfonamides is 1. The molecular weight excluding hydrogens is 376 g/mol. The van der Waals surface area contributed by atoms with Gasteiger partial charge in [-0.25, -0.2) is 17.2 Å². The summed E-state index contributed by atoms with van der Waals surface area (Å²) in [4.78, 5) is 16.0. The highest BCUT2D eigenvalue weighted by Crippen LogP contribution is 2.18. The number of nitrogens with zero attached hydrogens (tertiary/aromatic N) is 1. The molecule has 0 bridgehead atoms. The molecule has 3 aromatic rings. The lowest BCUT2D eigenvalue weighted by Crippen LogP contribution is -2.15. The summed E-state index contributed by atoms with van der Waals surface area (Å²) in [7, 11) is -3.98. The lowest BCUT2D eigenvalue weighted by molar-refractivity contribution is 0.102. The average molecular weight is 389 g/mol. The predicted molar refractivity (Wildman–Crippen MR) is 95.8 cm³/mol. The number of hydrogen-bond donors (Lipinski definition) is 2. The Labute approximate surface area is 153 Å². The summed E-state index contributed by atoms with van der Waals surface area (Å²) in [5.74, 6) is -1.66. The zero-order chi connectivity index (χ0) is 19.4. The van der Waals surface area contributed by atoms with Crippen molar-refractivity contribution in [3.05, 3.63) is 84.2 Å². The molecule has 0 atom stereocenters. The molecule has 3 rings (SSSR count). The van der Waals surface area contributed by atoms with Crippen LogP contribution in [0.3, 0.4) is 0 Å². The van der Waals surface area contributed by atoms with Gasteiger partial charge in [-0.1, -0.05) is 6.07 Å². The van der Waals surface area contributed by atoms with Crippen LogP contribution in [-0.2, 0) is 10.0 Å². The van der Waals surface area contributed by atoms with Crippen molar-refractivity contribution in [3.63, 3.8) is 0 Å². The minimum atomic E-state index is -3.98. The van der Waals surface area contributed by atoms with Crippen molar-refractivity contribution in [2.45, 2.75) is 4.90 Å². The van der Waals surface area contributed by atoms with Crippen molar-refractivity contribution < 1.29 is 22.0 Å². The first-order chi connectivity index (χ1) is 12.8. The number of pyridine rings is 1. The Morgan fingerprint density at radius 2 is 1.63 bits per heavy atom. The number of nitrogens with one attached hydrogen (secondary N) is 2. The zero-order valence-corrected chi connectivity index (χ0v) is 14.5. The number of benzene rings is 2. The SMILES string of the molecule is O=C(Nc1cccc(F)c1)c1cncc(NS(=O)(=O)c2ccc(F)cc2)c1. The van der Waals surface area contributed by atoms with Crippen molar-refractivity contribution in [3.8, 4) is 0 Å². The van der Waals surface area contributed by atoms with Crippen LogP contribution in [0.2, 0.25) is 0 Å². The molecule has 6 nitrogen and oxygen atoms in total. The van der Waals surface area contributed by atoms with E-state index in [1.807, 2.05) is 0 Å². The van der Waals surface area contributed by atoms with Crippen molar-refractivity contribution >= 4 is 27.3 Å². The average Bonchev–Trinajstić information content (AvgIpc) is 2.62. The molecule has 0 radical (unpaired) electrons. The first-order valence-corrected chi connectivity index (χ1v) is 9.12. The number of halogens is 2. The summed E-state index contributed by atoms with van der Waals surface area (Å²) in [6.45, 7) is 0. The van der Waals surface area contributed by atoms with Crippen LogP contribution in [0.25, 0.3) is 0 Å². The van der Waals surface area contributed by atoms with Gasteiger partial charge in [-0.2, -0.15) is 0 Å². The number of amides is 1. The summed E-state index contributed by atoms with van der Waals surface area (Å²) in [6.07, 6.45) is 2.46. The molecule has 1 amide bonds. The minimum Gasteiger partial charge on any atom is -0.322 e. The van der Waals surface area contributed by atoms with E-state index < -0.39 is 27.6 Å². The maximum atomic E-state index is 13.2. The largest absolute Gasteiger partial charge is 0.322 e. The molecule has 1 heterocycles. The van der Waals surface area contributed by atoms with E-state index in [1.54, 1.807) is 0 Å². The van der Waals surface area contributed by atoms with Crippen LogP contribution in [0, 0.1) is 11.6 Å². The summed E-state index contributed by atoms with van der Waals surface area (Å²) < 4.78 is 53.1. The molecule has 0 saturated heterocycles. The van der Waals surface area contributed by atoms with Gasteiger partial charge in [0.15, 0.2) is 0 Å². The molecule has 0 aliphatic rings. The normalized spacial score (nSPS) is 11.0. The van der Waals surface area contributed by atoms with E-state index in [0.29, 0.717) is 0 Å². The molecule has 1 aromatic heterocycles. The highest BCUT2D eigenvalue weighted by Gasteiger charge is 2.16. The molecule has 138 valence electrons. The van der Waals surface area contributed by atoms with Gasteiger partial charge in [-0.3, -0.25) is 14.5 Å². The Bertz CT molecular complexity index is 1090. The highest BCUT2D eigenvalue weighted by molar-refractivity contribution is 7.92. The van der Waals surface area contributed by atoms with Crippen LogP contribution < -0.4 is 10.0 Å². The van der Waals surface area contributed by atoms with E-state index in [1.165, 1.54) is 36.7 Å². The van der Waals surface area contributed by atoms with E-state index in [-0.39, 0.29) is 21.8 Å². The third-order valence-corrected chi connectivity index (χ3v) is 4.86. The van der Waals surface area contributed by atoms with E-state index in [0.717, 1.165) is 30.3 Å². The van der Waals surface area contributed by atoms with Crippen molar-refractivity contribution in [2.75, 3.05) is 10.0 Å². The van der Waals surface area contributed by atoms with Gasteiger partial charge in [0.2, 0.25) is 0 Å². The Morgan fingerprint density at radius 1 is 0.889 bits per heavy atom. The quantitative estimate of drug-likeness (QED) is 0.700. The molecule has 0 aliphatic carbocycles. The fourth-order valence-electron chi connectivity index (χ4n) is 2.22. The van der Waals surface area contributed by atoms with Crippen LogP contribution >= 0.6 is 0 Å². The fourth-order valence-corrected chi connectivity index (χ4v) is 3.25. The van der Waals surface area contributed by atoms with Crippen LogP contribution in [0.15, 0.2) is 71.9 Å². The lowest BCUT2D eigenvalue weighted by atomic mass is 10.2. The van der Waals surface area contributed by atoms with Crippen LogP contribution in [0.1, 0.15) is 10.4 Å². The molecule has 0 unspecified atom stereocenters. The fraction of sp³-hybridized carbons (Fsp3) is 0. The van der Waals surface area contributed by atoms with E-state index >= 15 is 0 Å². The summed E-state index contributed by atoms with van der Waals surface area (Å²) in [5.41, 5.74) is 0.363. The van der Waals surface area contributed by atoms with Crippen molar-refractivity contribution in [1.82, 2.24) is 4.98 Å². The molecule has 0 saturated carbocycles. The number of anilines is 2. The summed E-state index contributed by atoms with van der Waals surface area (Å²) >= 11 is 0. The molecule has 2 aromatic carbocycles. The second-order valence-electron chi connectivity index (χ2n) is 5.49. The van der Waals surface area contributed by atoms with Gasteiger partial charge in [-0.05, 0) is 48.5 Å². The summed E-state index contributed by atoms with van der Waals surface area (Å²) in [5, 5.41) is 2.49. The van der Waals surface area contributed by atoms with Gasteiger partial charge in [-0.15, -0.1) is 0 Å². The molecule has 0 fully saturated rings. The van der Waals surface area contributed by atoms with Gasteiger partial charge in [0.25, 0.3) is 15.9 Å². The molecule has 9 heteroatoms.